The van der Waals surface area contributed by atoms with Crippen molar-refractivity contribution >= 4 is 10.9 Å². The molecule has 0 bridgehead atoms. The predicted octanol–water partition coefficient (Wildman–Crippen LogP) is 5.99. The summed E-state index contributed by atoms with van der Waals surface area (Å²) in [6.45, 7) is 8.66. The minimum atomic E-state index is 1.14. The van der Waals surface area contributed by atoms with Crippen LogP contribution in [-0.2, 0) is 12.8 Å². The van der Waals surface area contributed by atoms with Crippen LogP contribution in [0.1, 0.15) is 42.7 Å². The van der Waals surface area contributed by atoms with Gasteiger partial charge in [0.2, 0.25) is 0 Å². The van der Waals surface area contributed by atoms with Crippen molar-refractivity contribution < 1.29 is 0 Å². The average molecular weight is 293 g/mol. The summed E-state index contributed by atoms with van der Waals surface area (Å²) in [5.74, 6) is 0. The van der Waals surface area contributed by atoms with Gasteiger partial charge in [-0.1, -0.05) is 68.3 Å². The number of nitrogens with one attached hydrogen (secondary N) is 1. The number of fused-ring (bicyclic) bond motifs is 1. The molecule has 22 heavy (non-hydrogen) atoms. The van der Waals surface area contributed by atoms with Crippen molar-refractivity contribution in [2.75, 3.05) is 0 Å². The van der Waals surface area contributed by atoms with E-state index in [1.807, 2.05) is 0 Å². The summed E-state index contributed by atoms with van der Waals surface area (Å²) in [5.41, 5.74) is 6.83. The first-order valence-corrected chi connectivity index (χ1v) is 8.27. The Morgan fingerprint density at radius 1 is 0.864 bits per heavy atom. The van der Waals surface area contributed by atoms with Crippen LogP contribution in [-0.4, -0.2) is 4.98 Å². The largest absolute Gasteiger partial charge is 0.358 e. The first-order chi connectivity index (χ1) is 10.7. The molecule has 0 saturated carbocycles. The number of rotatable bonds is 3. The van der Waals surface area contributed by atoms with Crippen molar-refractivity contribution in [3.63, 3.8) is 0 Å². The SMILES string of the molecule is CCCc1c(C)[nH]c2ccccc12.CCc1ccc(C)cc1. The van der Waals surface area contributed by atoms with E-state index in [4.69, 9.17) is 0 Å². The van der Waals surface area contributed by atoms with Crippen LogP contribution in [0.4, 0.5) is 0 Å². The van der Waals surface area contributed by atoms with Crippen LogP contribution < -0.4 is 0 Å². The van der Waals surface area contributed by atoms with Crippen molar-refractivity contribution in [1.82, 2.24) is 4.98 Å². The molecule has 0 fully saturated rings. The highest BCUT2D eigenvalue weighted by Crippen LogP contribution is 2.22. The van der Waals surface area contributed by atoms with Gasteiger partial charge in [0, 0.05) is 16.6 Å². The van der Waals surface area contributed by atoms with E-state index >= 15 is 0 Å². The molecular formula is C21H27N. The minimum absolute atomic E-state index is 1.14. The molecule has 2 aromatic carbocycles. The minimum Gasteiger partial charge on any atom is -0.358 e. The molecule has 0 unspecified atom stereocenters. The maximum absolute atomic E-state index is 3.41. The molecule has 1 nitrogen and oxygen atoms in total. The van der Waals surface area contributed by atoms with Crippen LogP contribution in [0.5, 0.6) is 0 Å². The molecule has 3 aromatic rings. The molecule has 1 heterocycles. The summed E-state index contributed by atoms with van der Waals surface area (Å²) < 4.78 is 0. The smallest absolute Gasteiger partial charge is 0.0458 e. The summed E-state index contributed by atoms with van der Waals surface area (Å²) in [7, 11) is 0. The Morgan fingerprint density at radius 2 is 1.55 bits per heavy atom. The van der Waals surface area contributed by atoms with Gasteiger partial charge in [0.1, 0.15) is 0 Å². The molecule has 0 aliphatic rings. The number of para-hydroxylation sites is 1. The molecule has 0 saturated heterocycles. The summed E-state index contributed by atoms with van der Waals surface area (Å²) in [6.07, 6.45) is 3.53. The molecular weight excluding hydrogens is 266 g/mol. The highest BCUT2D eigenvalue weighted by atomic mass is 14.7. The lowest BCUT2D eigenvalue weighted by Crippen LogP contribution is -1.83. The van der Waals surface area contributed by atoms with Gasteiger partial charge in [0.05, 0.1) is 0 Å². The molecule has 0 atom stereocenters. The van der Waals surface area contributed by atoms with E-state index in [2.05, 4.69) is 81.2 Å². The summed E-state index contributed by atoms with van der Waals surface area (Å²) in [4.78, 5) is 3.41. The van der Waals surface area contributed by atoms with Crippen molar-refractivity contribution in [2.24, 2.45) is 0 Å². The lowest BCUT2D eigenvalue weighted by atomic mass is 10.1. The first-order valence-electron chi connectivity index (χ1n) is 8.27. The van der Waals surface area contributed by atoms with E-state index in [0.717, 1.165) is 6.42 Å². The van der Waals surface area contributed by atoms with Crippen LogP contribution in [0.25, 0.3) is 10.9 Å². The molecule has 0 aliphatic heterocycles. The molecule has 1 aromatic heterocycles. The normalized spacial score (nSPS) is 10.4. The van der Waals surface area contributed by atoms with E-state index in [-0.39, 0.29) is 0 Å². The Morgan fingerprint density at radius 3 is 2.18 bits per heavy atom. The lowest BCUT2D eigenvalue weighted by Gasteiger charge is -1.96. The molecule has 0 amide bonds. The fourth-order valence-electron chi connectivity index (χ4n) is 2.73. The third-order valence-electron chi connectivity index (χ3n) is 4.06. The average Bonchev–Trinajstić information content (AvgIpc) is 2.85. The Bertz CT molecular complexity index is 704. The summed E-state index contributed by atoms with van der Waals surface area (Å²) >= 11 is 0. The van der Waals surface area contributed by atoms with Gasteiger partial charge in [0.15, 0.2) is 0 Å². The molecule has 1 N–H and O–H groups in total. The van der Waals surface area contributed by atoms with E-state index in [1.54, 1.807) is 0 Å². The summed E-state index contributed by atoms with van der Waals surface area (Å²) in [6, 6.07) is 17.2. The second kappa shape index (κ2) is 7.84. The maximum atomic E-state index is 3.41. The zero-order valence-corrected chi connectivity index (χ0v) is 14.2. The molecule has 1 heteroatoms. The Balaban J connectivity index is 0.000000172. The van der Waals surface area contributed by atoms with Gasteiger partial charge in [-0.15, -0.1) is 0 Å². The Labute approximate surface area is 134 Å². The van der Waals surface area contributed by atoms with Crippen molar-refractivity contribution in [3.05, 3.63) is 70.9 Å². The fraction of sp³-hybridized carbons (Fsp3) is 0.333. The number of benzene rings is 2. The Kier molecular flexibility index (Phi) is 5.83. The monoisotopic (exact) mass is 293 g/mol. The number of hydrogen-bond donors (Lipinski definition) is 1. The molecule has 0 aliphatic carbocycles. The van der Waals surface area contributed by atoms with Crippen LogP contribution in [0.15, 0.2) is 48.5 Å². The van der Waals surface area contributed by atoms with Crippen LogP contribution in [0, 0.1) is 13.8 Å². The number of aromatic nitrogens is 1. The van der Waals surface area contributed by atoms with E-state index in [1.165, 1.54) is 46.1 Å². The molecule has 3 rings (SSSR count). The van der Waals surface area contributed by atoms with Gasteiger partial charge in [0.25, 0.3) is 0 Å². The van der Waals surface area contributed by atoms with Gasteiger partial charge in [-0.25, -0.2) is 0 Å². The van der Waals surface area contributed by atoms with Crippen LogP contribution in [0.3, 0.4) is 0 Å². The quantitative estimate of drug-likeness (QED) is 0.611. The highest BCUT2D eigenvalue weighted by Gasteiger charge is 2.05. The van der Waals surface area contributed by atoms with E-state index in [9.17, 15) is 0 Å². The lowest BCUT2D eigenvalue weighted by molar-refractivity contribution is 0.918. The third-order valence-corrected chi connectivity index (χ3v) is 4.06. The number of H-pyrrole nitrogens is 1. The maximum Gasteiger partial charge on any atom is 0.0458 e. The highest BCUT2D eigenvalue weighted by molar-refractivity contribution is 5.84. The second-order valence-corrected chi connectivity index (χ2v) is 5.86. The first kappa shape index (κ1) is 16.4. The van der Waals surface area contributed by atoms with Crippen molar-refractivity contribution in [2.45, 2.75) is 47.0 Å². The van der Waals surface area contributed by atoms with Crippen LogP contribution in [0.2, 0.25) is 0 Å². The fourth-order valence-corrected chi connectivity index (χ4v) is 2.73. The van der Waals surface area contributed by atoms with Gasteiger partial charge < -0.3 is 4.98 Å². The van der Waals surface area contributed by atoms with E-state index in [0.29, 0.717) is 0 Å². The van der Waals surface area contributed by atoms with Crippen molar-refractivity contribution in [1.29, 1.82) is 0 Å². The van der Waals surface area contributed by atoms with Gasteiger partial charge in [-0.05, 0) is 43.9 Å². The predicted molar refractivity (Wildman–Crippen MR) is 97.6 cm³/mol. The van der Waals surface area contributed by atoms with Crippen LogP contribution >= 0.6 is 0 Å². The number of aryl methyl sites for hydroxylation is 4. The Hall–Kier alpha value is -2.02. The van der Waals surface area contributed by atoms with Gasteiger partial charge in [-0.3, -0.25) is 0 Å². The standard InChI is InChI=1S/C12H15N.C9H12/c1-3-6-10-9(2)13-12-8-5-4-7-11(10)12;1-3-9-6-4-8(2)5-7-9/h4-5,7-8,13H,3,6H2,1-2H3;4-7H,3H2,1-2H3. The summed E-state index contributed by atoms with van der Waals surface area (Å²) in [5, 5.41) is 1.39. The van der Waals surface area contributed by atoms with E-state index < -0.39 is 0 Å². The number of aromatic amines is 1. The van der Waals surface area contributed by atoms with Crippen molar-refractivity contribution in [3.8, 4) is 0 Å². The third kappa shape index (κ3) is 4.00. The zero-order chi connectivity index (χ0) is 15.9. The molecule has 0 radical (unpaired) electrons. The van der Waals surface area contributed by atoms with Gasteiger partial charge in [-0.2, -0.15) is 0 Å². The second-order valence-electron chi connectivity index (χ2n) is 5.86. The van der Waals surface area contributed by atoms with Gasteiger partial charge >= 0.3 is 0 Å². The topological polar surface area (TPSA) is 15.8 Å². The number of hydrogen-bond acceptors (Lipinski definition) is 0. The molecule has 0 spiro atoms. The molecule has 116 valence electrons. The zero-order valence-electron chi connectivity index (χ0n) is 14.2.